The average Bonchev–Trinajstić information content (AvgIpc) is 3.26. The third kappa shape index (κ3) is 3.88. The van der Waals surface area contributed by atoms with E-state index < -0.39 is 0 Å². The molecule has 1 aromatic carbocycles. The summed E-state index contributed by atoms with van der Waals surface area (Å²) < 4.78 is 0. The molecule has 0 atom stereocenters. The number of hydrogen-bond donors (Lipinski definition) is 1. The van der Waals surface area contributed by atoms with Gasteiger partial charge in [0.2, 0.25) is 11.9 Å². The highest BCUT2D eigenvalue weighted by molar-refractivity contribution is 5.90. The SMILES string of the molecule is Cc1cc(C)nc(N2CCN(c3nc(NC4CCCC4)c4ccccc4n3)CC2)n1. The lowest BCUT2D eigenvalue weighted by molar-refractivity contribution is 0.627. The Bertz CT molecular complexity index is 1020. The lowest BCUT2D eigenvalue weighted by Gasteiger charge is -2.35. The summed E-state index contributed by atoms with van der Waals surface area (Å²) in [6, 6.07) is 10.9. The molecule has 2 aliphatic rings. The van der Waals surface area contributed by atoms with Crippen molar-refractivity contribution in [3.8, 4) is 0 Å². The molecule has 3 heterocycles. The van der Waals surface area contributed by atoms with Crippen molar-refractivity contribution in [1.82, 2.24) is 19.9 Å². The van der Waals surface area contributed by atoms with Gasteiger partial charge in [-0.25, -0.2) is 15.0 Å². The van der Waals surface area contributed by atoms with E-state index in [1.807, 2.05) is 26.0 Å². The fraction of sp³-hybridized carbons (Fsp3) is 0.478. The van der Waals surface area contributed by atoms with E-state index in [1.54, 1.807) is 0 Å². The van der Waals surface area contributed by atoms with E-state index in [9.17, 15) is 0 Å². The quantitative estimate of drug-likeness (QED) is 0.712. The van der Waals surface area contributed by atoms with Gasteiger partial charge in [-0.2, -0.15) is 4.98 Å². The van der Waals surface area contributed by atoms with Crippen molar-refractivity contribution in [2.45, 2.75) is 45.6 Å². The van der Waals surface area contributed by atoms with E-state index in [4.69, 9.17) is 9.97 Å². The summed E-state index contributed by atoms with van der Waals surface area (Å²) in [6.45, 7) is 7.50. The van der Waals surface area contributed by atoms with Crippen molar-refractivity contribution in [1.29, 1.82) is 0 Å². The Balaban J connectivity index is 1.37. The summed E-state index contributed by atoms with van der Waals surface area (Å²) in [5.41, 5.74) is 3.03. The summed E-state index contributed by atoms with van der Waals surface area (Å²) in [5, 5.41) is 4.81. The first-order valence-corrected chi connectivity index (χ1v) is 11.0. The summed E-state index contributed by atoms with van der Waals surface area (Å²) >= 11 is 0. The van der Waals surface area contributed by atoms with Gasteiger partial charge in [0.15, 0.2) is 0 Å². The van der Waals surface area contributed by atoms with Crippen LogP contribution in [0.15, 0.2) is 30.3 Å². The maximum absolute atomic E-state index is 4.97. The monoisotopic (exact) mass is 403 g/mol. The molecule has 156 valence electrons. The summed E-state index contributed by atoms with van der Waals surface area (Å²) in [6.07, 6.45) is 5.05. The van der Waals surface area contributed by atoms with Crippen LogP contribution in [0.5, 0.6) is 0 Å². The topological polar surface area (TPSA) is 70.1 Å². The maximum Gasteiger partial charge on any atom is 0.228 e. The molecule has 2 fully saturated rings. The van der Waals surface area contributed by atoms with Crippen LogP contribution in [0.4, 0.5) is 17.7 Å². The zero-order valence-electron chi connectivity index (χ0n) is 17.8. The molecule has 0 bridgehead atoms. The molecule has 1 N–H and O–H groups in total. The zero-order chi connectivity index (χ0) is 20.5. The van der Waals surface area contributed by atoms with Crippen LogP contribution in [0.1, 0.15) is 37.1 Å². The molecule has 0 unspecified atom stereocenters. The van der Waals surface area contributed by atoms with Gasteiger partial charge in [0.25, 0.3) is 0 Å². The molecule has 2 aromatic heterocycles. The molecule has 3 aromatic rings. The van der Waals surface area contributed by atoms with Crippen LogP contribution in [-0.4, -0.2) is 52.2 Å². The maximum atomic E-state index is 4.97. The second kappa shape index (κ2) is 8.05. The van der Waals surface area contributed by atoms with Crippen LogP contribution >= 0.6 is 0 Å². The van der Waals surface area contributed by atoms with Gasteiger partial charge in [-0.05, 0) is 44.9 Å². The predicted molar refractivity (Wildman–Crippen MR) is 121 cm³/mol. The third-order valence-electron chi connectivity index (χ3n) is 6.10. The van der Waals surface area contributed by atoms with Gasteiger partial charge < -0.3 is 15.1 Å². The van der Waals surface area contributed by atoms with Crippen molar-refractivity contribution in [2.24, 2.45) is 0 Å². The fourth-order valence-corrected chi connectivity index (χ4v) is 4.53. The van der Waals surface area contributed by atoms with E-state index in [-0.39, 0.29) is 0 Å². The number of nitrogens with zero attached hydrogens (tertiary/aromatic N) is 6. The Hall–Kier alpha value is -2.96. The number of fused-ring (bicyclic) bond motifs is 1. The van der Waals surface area contributed by atoms with Gasteiger partial charge in [-0.1, -0.05) is 25.0 Å². The lowest BCUT2D eigenvalue weighted by atomic mass is 10.2. The predicted octanol–water partition coefficient (Wildman–Crippen LogP) is 3.72. The highest BCUT2D eigenvalue weighted by Crippen LogP contribution is 2.28. The molecule has 0 amide bonds. The fourth-order valence-electron chi connectivity index (χ4n) is 4.53. The molecule has 1 aliphatic carbocycles. The molecule has 30 heavy (non-hydrogen) atoms. The van der Waals surface area contributed by atoms with Crippen LogP contribution in [0, 0.1) is 13.8 Å². The molecule has 1 saturated heterocycles. The number of aryl methyl sites for hydroxylation is 2. The van der Waals surface area contributed by atoms with E-state index in [2.05, 4.69) is 43.3 Å². The van der Waals surface area contributed by atoms with Crippen LogP contribution < -0.4 is 15.1 Å². The number of rotatable bonds is 4. The van der Waals surface area contributed by atoms with Gasteiger partial charge in [-0.15, -0.1) is 0 Å². The second-order valence-electron chi connectivity index (χ2n) is 8.44. The highest BCUT2D eigenvalue weighted by Gasteiger charge is 2.23. The molecule has 7 heteroatoms. The molecule has 0 radical (unpaired) electrons. The molecule has 1 aliphatic heterocycles. The van der Waals surface area contributed by atoms with Crippen LogP contribution in [-0.2, 0) is 0 Å². The Morgan fingerprint density at radius 1 is 0.800 bits per heavy atom. The minimum absolute atomic E-state index is 0.523. The van der Waals surface area contributed by atoms with Crippen molar-refractivity contribution in [3.63, 3.8) is 0 Å². The van der Waals surface area contributed by atoms with Crippen molar-refractivity contribution in [3.05, 3.63) is 41.7 Å². The number of piperazine rings is 1. The Morgan fingerprint density at radius 3 is 2.07 bits per heavy atom. The summed E-state index contributed by atoms with van der Waals surface area (Å²) in [5.74, 6) is 2.62. The number of nitrogens with one attached hydrogen (secondary N) is 1. The Labute approximate surface area is 177 Å². The first-order valence-electron chi connectivity index (χ1n) is 11.0. The van der Waals surface area contributed by atoms with E-state index in [0.29, 0.717) is 6.04 Å². The van der Waals surface area contributed by atoms with Crippen molar-refractivity contribution in [2.75, 3.05) is 41.3 Å². The number of hydrogen-bond acceptors (Lipinski definition) is 7. The Kier molecular flexibility index (Phi) is 5.11. The summed E-state index contributed by atoms with van der Waals surface area (Å²) in [7, 11) is 0. The lowest BCUT2D eigenvalue weighted by Crippen LogP contribution is -2.47. The first kappa shape index (κ1) is 19.0. The van der Waals surface area contributed by atoms with Gasteiger partial charge in [0, 0.05) is 49.0 Å². The van der Waals surface area contributed by atoms with Crippen LogP contribution in [0.25, 0.3) is 10.9 Å². The van der Waals surface area contributed by atoms with Gasteiger partial charge in [-0.3, -0.25) is 0 Å². The molecule has 0 spiro atoms. The normalized spacial score (nSPS) is 17.7. The number of para-hydroxylation sites is 1. The first-order chi connectivity index (χ1) is 14.7. The van der Waals surface area contributed by atoms with Crippen molar-refractivity contribution < 1.29 is 0 Å². The summed E-state index contributed by atoms with van der Waals surface area (Å²) in [4.78, 5) is 23.6. The van der Waals surface area contributed by atoms with Gasteiger partial charge >= 0.3 is 0 Å². The van der Waals surface area contributed by atoms with Gasteiger partial charge in [0.1, 0.15) is 5.82 Å². The molecular weight excluding hydrogens is 374 g/mol. The van der Waals surface area contributed by atoms with Crippen molar-refractivity contribution >= 4 is 28.6 Å². The Morgan fingerprint density at radius 2 is 1.40 bits per heavy atom. The number of benzene rings is 1. The van der Waals surface area contributed by atoms with E-state index in [1.165, 1.54) is 25.7 Å². The van der Waals surface area contributed by atoms with Gasteiger partial charge in [0.05, 0.1) is 5.52 Å². The third-order valence-corrected chi connectivity index (χ3v) is 6.10. The second-order valence-corrected chi connectivity index (χ2v) is 8.44. The average molecular weight is 404 g/mol. The molecule has 7 nitrogen and oxygen atoms in total. The standard InChI is InChI=1S/C23H29N7/c1-16-15-17(2)25-22(24-16)29-11-13-30(14-12-29)23-27-20-10-6-5-9-19(20)21(28-23)26-18-7-3-4-8-18/h5-6,9-10,15,18H,3-4,7-8,11-14H2,1-2H3,(H,26,27,28). The minimum atomic E-state index is 0.523. The zero-order valence-corrected chi connectivity index (χ0v) is 17.8. The molecule has 1 saturated carbocycles. The van der Waals surface area contributed by atoms with Crippen LogP contribution in [0.3, 0.4) is 0 Å². The van der Waals surface area contributed by atoms with Crippen LogP contribution in [0.2, 0.25) is 0 Å². The smallest absolute Gasteiger partial charge is 0.228 e. The number of anilines is 3. The number of aromatic nitrogens is 4. The highest BCUT2D eigenvalue weighted by atomic mass is 15.4. The minimum Gasteiger partial charge on any atom is -0.367 e. The van der Waals surface area contributed by atoms with E-state index >= 15 is 0 Å². The molecular formula is C23H29N7. The largest absolute Gasteiger partial charge is 0.367 e. The molecule has 5 rings (SSSR count). The van der Waals surface area contributed by atoms with E-state index in [0.717, 1.165) is 66.2 Å².